The summed E-state index contributed by atoms with van der Waals surface area (Å²) < 4.78 is 10.7. The first-order valence-corrected chi connectivity index (χ1v) is 8.49. The number of amides is 1. The number of nitrogens with zero attached hydrogens (tertiary/aromatic N) is 1. The molecule has 0 unspecified atom stereocenters. The van der Waals surface area contributed by atoms with Crippen molar-refractivity contribution in [1.82, 2.24) is 5.43 Å². The number of hydrazone groups is 1. The van der Waals surface area contributed by atoms with Gasteiger partial charge in [-0.25, -0.2) is 10.2 Å². The molecule has 1 amide bonds. The minimum absolute atomic E-state index is 0.110. The fraction of sp³-hybridized carbons (Fsp3) is 0.167. The number of carbonyl (C=O) groups is 2. The Labute approximate surface area is 158 Å². The Balaban J connectivity index is 1.89. The molecule has 0 saturated heterocycles. The van der Waals surface area contributed by atoms with Gasteiger partial charge < -0.3 is 14.6 Å². The lowest BCUT2D eigenvalue weighted by molar-refractivity contribution is -0.145. The van der Waals surface area contributed by atoms with Gasteiger partial charge in [0.05, 0.1) is 18.4 Å². The quantitative estimate of drug-likeness (QED) is 0.407. The van der Waals surface area contributed by atoms with Gasteiger partial charge in [-0.15, -0.1) is 0 Å². The number of nitrogens with one attached hydrogen (secondary N) is 1. The molecule has 0 saturated carbocycles. The van der Waals surface area contributed by atoms with E-state index < -0.39 is 11.9 Å². The number of hydrogen-bond donors (Lipinski definition) is 2. The number of phenolic OH excluding ortho intramolecular Hbond substituents is 1. The van der Waals surface area contributed by atoms with E-state index in [9.17, 15) is 14.7 Å². The molecule has 2 aromatic carbocycles. The molecule has 2 N–H and O–H groups in total. The molecule has 0 aromatic heterocycles. The van der Waals surface area contributed by atoms with Crippen molar-refractivity contribution in [1.29, 1.82) is 0 Å². The Bertz CT molecular complexity index is 806. The Kier molecular flexibility index (Phi) is 7.16. The van der Waals surface area contributed by atoms with Crippen LogP contribution >= 0.6 is 15.9 Å². The van der Waals surface area contributed by atoms with Crippen LogP contribution in [0.2, 0.25) is 0 Å². The summed E-state index contributed by atoms with van der Waals surface area (Å²) in [4.78, 5) is 23.2. The zero-order valence-corrected chi connectivity index (χ0v) is 15.5. The van der Waals surface area contributed by atoms with Crippen molar-refractivity contribution in [3.8, 4) is 11.5 Å². The van der Waals surface area contributed by atoms with Gasteiger partial charge in [0, 0.05) is 4.47 Å². The standard InChI is InChI=1S/C18H17BrN2O5/c1-2-25-17(23)11-26-14-6-3-12(4-7-14)10-20-21-18(24)15-9-13(19)5-8-16(15)22/h3-10,22H,2,11H2,1H3,(H,21,24)/b20-10-. The van der Waals surface area contributed by atoms with Crippen LogP contribution in [0.5, 0.6) is 11.5 Å². The van der Waals surface area contributed by atoms with Gasteiger partial charge in [-0.2, -0.15) is 5.10 Å². The maximum absolute atomic E-state index is 12.0. The fourth-order valence-corrected chi connectivity index (χ4v) is 2.27. The SMILES string of the molecule is CCOC(=O)COc1ccc(/C=N\NC(=O)c2cc(Br)ccc2O)cc1. The lowest BCUT2D eigenvalue weighted by Crippen LogP contribution is -2.17. The highest BCUT2D eigenvalue weighted by Gasteiger charge is 2.10. The smallest absolute Gasteiger partial charge is 0.344 e. The Hall–Kier alpha value is -2.87. The average Bonchev–Trinajstić information content (AvgIpc) is 2.63. The molecule has 7 nitrogen and oxygen atoms in total. The number of phenols is 1. The second-order valence-corrected chi connectivity index (χ2v) is 5.94. The first kappa shape index (κ1) is 19.5. The van der Waals surface area contributed by atoms with E-state index in [4.69, 9.17) is 9.47 Å². The van der Waals surface area contributed by atoms with Crippen molar-refractivity contribution in [2.45, 2.75) is 6.92 Å². The zero-order chi connectivity index (χ0) is 18.9. The Morgan fingerprint density at radius 1 is 1.23 bits per heavy atom. The zero-order valence-electron chi connectivity index (χ0n) is 13.9. The number of aromatic hydroxyl groups is 1. The summed E-state index contributed by atoms with van der Waals surface area (Å²) >= 11 is 3.24. The van der Waals surface area contributed by atoms with Crippen LogP contribution in [-0.2, 0) is 9.53 Å². The van der Waals surface area contributed by atoms with E-state index >= 15 is 0 Å². The van der Waals surface area contributed by atoms with Crippen LogP contribution in [0.4, 0.5) is 0 Å². The van der Waals surface area contributed by atoms with Crippen molar-refractivity contribution in [2.24, 2.45) is 5.10 Å². The third-order valence-corrected chi connectivity index (χ3v) is 3.62. The molecule has 2 rings (SSSR count). The van der Waals surface area contributed by atoms with Crippen LogP contribution in [0.3, 0.4) is 0 Å². The summed E-state index contributed by atoms with van der Waals surface area (Å²) in [6, 6.07) is 11.3. The number of carbonyl (C=O) groups excluding carboxylic acids is 2. The molecule has 0 aliphatic rings. The first-order valence-electron chi connectivity index (χ1n) is 7.70. The summed E-state index contributed by atoms with van der Waals surface area (Å²) in [7, 11) is 0. The van der Waals surface area contributed by atoms with Gasteiger partial charge in [0.25, 0.3) is 5.91 Å². The molecule has 136 valence electrons. The van der Waals surface area contributed by atoms with E-state index in [0.29, 0.717) is 22.4 Å². The van der Waals surface area contributed by atoms with Crippen LogP contribution < -0.4 is 10.2 Å². The van der Waals surface area contributed by atoms with E-state index in [-0.39, 0.29) is 17.9 Å². The van der Waals surface area contributed by atoms with Gasteiger partial charge >= 0.3 is 5.97 Å². The normalized spacial score (nSPS) is 10.5. The van der Waals surface area contributed by atoms with Gasteiger partial charge in [0.15, 0.2) is 6.61 Å². The van der Waals surface area contributed by atoms with Crippen molar-refractivity contribution in [3.05, 3.63) is 58.1 Å². The van der Waals surface area contributed by atoms with Crippen LogP contribution in [-0.4, -0.2) is 36.4 Å². The molecule has 8 heteroatoms. The molecule has 0 radical (unpaired) electrons. The fourth-order valence-electron chi connectivity index (χ4n) is 1.91. The summed E-state index contributed by atoms with van der Waals surface area (Å²) in [5.41, 5.74) is 3.17. The van der Waals surface area contributed by atoms with Crippen LogP contribution in [0.1, 0.15) is 22.8 Å². The molecule has 0 aliphatic carbocycles. The minimum atomic E-state index is -0.533. The number of ether oxygens (including phenoxy) is 2. The molecule has 2 aromatic rings. The predicted molar refractivity (Wildman–Crippen MR) is 99.4 cm³/mol. The van der Waals surface area contributed by atoms with E-state index in [1.54, 1.807) is 37.3 Å². The van der Waals surface area contributed by atoms with Gasteiger partial charge in [0.1, 0.15) is 11.5 Å². The van der Waals surface area contributed by atoms with Gasteiger partial charge in [-0.1, -0.05) is 15.9 Å². The maximum Gasteiger partial charge on any atom is 0.344 e. The van der Waals surface area contributed by atoms with Crippen LogP contribution in [0.25, 0.3) is 0 Å². The highest BCUT2D eigenvalue weighted by atomic mass is 79.9. The molecular weight excluding hydrogens is 404 g/mol. The molecule has 0 bridgehead atoms. The number of benzene rings is 2. The number of rotatable bonds is 7. The van der Waals surface area contributed by atoms with Crippen molar-refractivity contribution in [2.75, 3.05) is 13.2 Å². The largest absolute Gasteiger partial charge is 0.507 e. The summed E-state index contributed by atoms with van der Waals surface area (Å²) in [5.74, 6) is -0.589. The number of esters is 1. The highest BCUT2D eigenvalue weighted by Crippen LogP contribution is 2.21. The van der Waals surface area contributed by atoms with Gasteiger partial charge in [-0.3, -0.25) is 4.79 Å². The average molecular weight is 421 g/mol. The molecular formula is C18H17BrN2O5. The molecule has 0 heterocycles. The summed E-state index contributed by atoms with van der Waals surface area (Å²) in [5, 5.41) is 13.5. The van der Waals surface area contributed by atoms with Crippen molar-refractivity contribution < 1.29 is 24.2 Å². The van der Waals surface area contributed by atoms with E-state index in [0.717, 1.165) is 0 Å². The second-order valence-electron chi connectivity index (χ2n) is 5.02. The molecule has 0 aliphatic heterocycles. The van der Waals surface area contributed by atoms with Gasteiger partial charge in [0.2, 0.25) is 0 Å². The highest BCUT2D eigenvalue weighted by molar-refractivity contribution is 9.10. The monoisotopic (exact) mass is 420 g/mol. The van der Waals surface area contributed by atoms with Crippen molar-refractivity contribution in [3.63, 3.8) is 0 Å². The Morgan fingerprint density at radius 2 is 1.96 bits per heavy atom. The van der Waals surface area contributed by atoms with Crippen LogP contribution in [0, 0.1) is 0 Å². The Morgan fingerprint density at radius 3 is 2.65 bits per heavy atom. The predicted octanol–water partition coefficient (Wildman–Crippen LogP) is 2.86. The lowest BCUT2D eigenvalue weighted by atomic mass is 10.2. The number of halogens is 1. The minimum Gasteiger partial charge on any atom is -0.507 e. The number of hydrogen-bond acceptors (Lipinski definition) is 6. The molecule has 26 heavy (non-hydrogen) atoms. The topological polar surface area (TPSA) is 97.2 Å². The third kappa shape index (κ3) is 5.89. The van der Waals surface area contributed by atoms with E-state index in [1.165, 1.54) is 18.3 Å². The summed E-state index contributed by atoms with van der Waals surface area (Å²) in [6.45, 7) is 1.87. The first-order chi connectivity index (χ1) is 12.5. The lowest BCUT2D eigenvalue weighted by Gasteiger charge is -2.05. The van der Waals surface area contributed by atoms with E-state index in [2.05, 4.69) is 26.5 Å². The van der Waals surface area contributed by atoms with Crippen molar-refractivity contribution >= 4 is 34.0 Å². The third-order valence-electron chi connectivity index (χ3n) is 3.13. The molecule has 0 spiro atoms. The maximum atomic E-state index is 12.0. The molecule has 0 atom stereocenters. The second kappa shape index (κ2) is 9.57. The molecule has 0 fully saturated rings. The summed E-state index contributed by atoms with van der Waals surface area (Å²) in [6.07, 6.45) is 1.45. The van der Waals surface area contributed by atoms with Crippen LogP contribution in [0.15, 0.2) is 52.0 Å². The van der Waals surface area contributed by atoms with E-state index in [1.807, 2.05) is 0 Å². The van der Waals surface area contributed by atoms with Gasteiger partial charge in [-0.05, 0) is 55.0 Å².